The van der Waals surface area contributed by atoms with E-state index in [1.165, 1.54) is 42.8 Å². The van der Waals surface area contributed by atoms with Crippen LogP contribution in [0.25, 0.3) is 0 Å². The molecule has 0 spiro atoms. The number of hydrogen-bond acceptors (Lipinski definition) is 8. The van der Waals surface area contributed by atoms with Gasteiger partial charge in [0.1, 0.15) is 13.4 Å². The van der Waals surface area contributed by atoms with Gasteiger partial charge in [0.05, 0.1) is 22.6 Å². The van der Waals surface area contributed by atoms with E-state index in [-0.39, 0.29) is 22.5 Å². The van der Waals surface area contributed by atoms with Gasteiger partial charge in [-0.05, 0) is 36.7 Å². The Morgan fingerprint density at radius 2 is 1.79 bits per heavy atom. The molecule has 2 aromatic heterocycles. The molecule has 3 heterocycles. The normalized spacial score (nSPS) is 14.3. The smallest absolute Gasteiger partial charge is 0.272 e. The van der Waals surface area contributed by atoms with Crippen LogP contribution >= 0.6 is 23.4 Å². The molecule has 0 aliphatic carbocycles. The lowest BCUT2D eigenvalue weighted by Gasteiger charge is -2.28. The van der Waals surface area contributed by atoms with E-state index in [1.807, 2.05) is 25.8 Å². The maximum absolute atomic E-state index is 12.4. The molecule has 1 fully saturated rings. The summed E-state index contributed by atoms with van der Waals surface area (Å²) in [6, 6.07) is 1.35. The van der Waals surface area contributed by atoms with Crippen LogP contribution in [-0.2, 0) is 4.79 Å². The second kappa shape index (κ2) is 14.2. The first kappa shape index (κ1) is 29.7. The molecule has 0 atom stereocenters. The average molecular weight is 519 g/mol. The van der Waals surface area contributed by atoms with E-state index >= 15 is 0 Å². The number of nitrogens with zero attached hydrogens (tertiary/aromatic N) is 3. The molecular formula is C23H33ClF2N4O3S. The van der Waals surface area contributed by atoms with Crippen LogP contribution in [0.5, 0.6) is 17.5 Å². The van der Waals surface area contributed by atoms with E-state index in [4.69, 9.17) is 31.6 Å². The second-order valence-electron chi connectivity index (χ2n) is 8.42. The predicted octanol–water partition coefficient (Wildman–Crippen LogP) is 5.88. The van der Waals surface area contributed by atoms with Crippen LogP contribution in [0, 0.1) is 12.3 Å². The molecule has 0 radical (unpaired) electrons. The number of thioether (sulfide) groups is 1. The minimum absolute atomic E-state index is 0.00669. The number of hydrogen-bond donors (Lipinski definition) is 1. The minimum atomic E-state index is -2.63. The molecule has 34 heavy (non-hydrogen) atoms. The zero-order valence-electron chi connectivity index (χ0n) is 20.2. The number of alkyl halides is 2. The van der Waals surface area contributed by atoms with Gasteiger partial charge in [-0.1, -0.05) is 25.4 Å². The van der Waals surface area contributed by atoms with Gasteiger partial charge in [0.15, 0.2) is 5.75 Å². The Kier molecular flexibility index (Phi) is 12.4. The molecule has 0 aromatic carbocycles. The van der Waals surface area contributed by atoms with Crippen molar-refractivity contribution in [3.63, 3.8) is 0 Å². The highest BCUT2D eigenvalue weighted by molar-refractivity contribution is 7.99. The molecule has 2 aromatic rings. The van der Waals surface area contributed by atoms with Gasteiger partial charge in [0, 0.05) is 31.9 Å². The lowest BCUT2D eigenvalue weighted by Crippen LogP contribution is -2.17. The van der Waals surface area contributed by atoms with Gasteiger partial charge in [0.25, 0.3) is 12.3 Å². The number of halogens is 3. The standard InChI is InChI=1S/C15H17ClF2N4O2.C7H14S.CH2O/c1-8-13(22(2)3)10(19)6-21-14(8)24-15-11(23-7-12(17)18)4-9(16)5-20-15;1-7(2)3-5-8-6-4-7;1-2/h4-6,12H,7,19H2,1-3H3;3-6H2,1-2H3;1H2. The maximum Gasteiger partial charge on any atom is 0.272 e. The average Bonchev–Trinajstić information content (AvgIpc) is 2.77. The van der Waals surface area contributed by atoms with E-state index in [0.717, 1.165) is 5.69 Å². The summed E-state index contributed by atoms with van der Waals surface area (Å²) in [5.74, 6) is 3.00. The van der Waals surface area contributed by atoms with Crippen LogP contribution in [0.1, 0.15) is 32.3 Å². The van der Waals surface area contributed by atoms with Crippen molar-refractivity contribution in [2.75, 3.05) is 42.8 Å². The van der Waals surface area contributed by atoms with Crippen molar-refractivity contribution in [2.24, 2.45) is 5.41 Å². The van der Waals surface area contributed by atoms with Gasteiger partial charge in [-0.15, -0.1) is 0 Å². The third kappa shape index (κ3) is 9.50. The summed E-state index contributed by atoms with van der Waals surface area (Å²) in [6.45, 7) is 7.72. The van der Waals surface area contributed by atoms with E-state index in [9.17, 15) is 8.78 Å². The number of nitrogen functional groups attached to an aromatic ring is 1. The molecule has 3 rings (SSSR count). The van der Waals surface area contributed by atoms with Gasteiger partial charge < -0.3 is 24.9 Å². The number of carbonyl (C=O) groups excluding carboxylic acids is 1. The third-order valence-corrected chi connectivity index (χ3v) is 6.10. The number of pyridine rings is 2. The molecule has 0 saturated carbocycles. The van der Waals surface area contributed by atoms with Gasteiger partial charge in [-0.25, -0.2) is 18.7 Å². The summed E-state index contributed by atoms with van der Waals surface area (Å²) in [4.78, 5) is 17.9. The fourth-order valence-electron chi connectivity index (χ4n) is 3.06. The topological polar surface area (TPSA) is 90.6 Å². The quantitative estimate of drug-likeness (QED) is 0.507. The monoisotopic (exact) mass is 518 g/mol. The van der Waals surface area contributed by atoms with Crippen molar-refractivity contribution in [3.05, 3.63) is 29.0 Å². The molecule has 190 valence electrons. The number of rotatable bonds is 6. The van der Waals surface area contributed by atoms with E-state index in [1.54, 1.807) is 6.92 Å². The minimum Gasteiger partial charge on any atom is -0.482 e. The Balaban J connectivity index is 0.000000483. The van der Waals surface area contributed by atoms with E-state index < -0.39 is 13.0 Å². The zero-order valence-corrected chi connectivity index (χ0v) is 21.8. The highest BCUT2D eigenvalue weighted by atomic mass is 35.5. The van der Waals surface area contributed by atoms with Crippen molar-refractivity contribution in [3.8, 4) is 17.5 Å². The fraction of sp³-hybridized carbons (Fsp3) is 0.522. The Bertz CT molecular complexity index is 912. The first-order valence-electron chi connectivity index (χ1n) is 10.5. The number of anilines is 2. The molecule has 1 aliphatic heterocycles. The Morgan fingerprint density at radius 1 is 1.21 bits per heavy atom. The number of carbonyl (C=O) groups is 1. The SMILES string of the molecule is C=O.CC1(C)CCSCC1.Cc1c(Oc2ncc(Cl)cc2OCC(F)F)ncc(N)c1N(C)C. The van der Waals surface area contributed by atoms with Crippen molar-refractivity contribution in [2.45, 2.75) is 40.0 Å². The zero-order chi connectivity index (χ0) is 25.9. The van der Waals surface area contributed by atoms with Gasteiger partial charge in [-0.2, -0.15) is 11.8 Å². The van der Waals surface area contributed by atoms with E-state index in [2.05, 4.69) is 35.6 Å². The first-order valence-corrected chi connectivity index (χ1v) is 12.1. The van der Waals surface area contributed by atoms with Gasteiger partial charge in [-0.3, -0.25) is 0 Å². The summed E-state index contributed by atoms with van der Waals surface area (Å²) in [7, 11) is 3.67. The van der Waals surface area contributed by atoms with Crippen LogP contribution in [0.3, 0.4) is 0 Å². The summed E-state index contributed by atoms with van der Waals surface area (Å²) in [5.41, 5.74) is 8.48. The third-order valence-electron chi connectivity index (χ3n) is 4.91. The van der Waals surface area contributed by atoms with Crippen LogP contribution in [0.15, 0.2) is 18.5 Å². The molecule has 11 heteroatoms. The first-order chi connectivity index (χ1) is 16.0. The predicted molar refractivity (Wildman–Crippen MR) is 136 cm³/mol. The lowest BCUT2D eigenvalue weighted by molar-refractivity contribution is -0.0980. The van der Waals surface area contributed by atoms with Crippen LogP contribution in [-0.4, -0.2) is 55.4 Å². The van der Waals surface area contributed by atoms with Crippen LogP contribution in [0.2, 0.25) is 5.02 Å². The molecular weight excluding hydrogens is 486 g/mol. The molecule has 0 unspecified atom stereocenters. The Labute approximate surface area is 209 Å². The van der Waals surface area contributed by atoms with Crippen LogP contribution < -0.4 is 20.1 Å². The largest absolute Gasteiger partial charge is 0.482 e. The second-order valence-corrected chi connectivity index (χ2v) is 10.1. The molecule has 1 saturated heterocycles. The Morgan fingerprint density at radius 3 is 2.29 bits per heavy atom. The molecule has 0 amide bonds. The van der Waals surface area contributed by atoms with Crippen molar-refractivity contribution in [1.29, 1.82) is 0 Å². The molecule has 7 nitrogen and oxygen atoms in total. The molecule has 2 N–H and O–H groups in total. The lowest BCUT2D eigenvalue weighted by atomic mass is 9.87. The maximum atomic E-state index is 12.4. The highest BCUT2D eigenvalue weighted by Crippen LogP contribution is 2.36. The number of ether oxygens (including phenoxy) is 2. The van der Waals surface area contributed by atoms with Gasteiger partial charge >= 0.3 is 0 Å². The molecule has 1 aliphatic rings. The van der Waals surface area contributed by atoms with Crippen molar-refractivity contribution < 1.29 is 23.0 Å². The summed E-state index contributed by atoms with van der Waals surface area (Å²) in [6.07, 6.45) is 2.97. The van der Waals surface area contributed by atoms with Crippen molar-refractivity contribution in [1.82, 2.24) is 9.97 Å². The summed E-state index contributed by atoms with van der Waals surface area (Å²) < 4.78 is 35.4. The van der Waals surface area contributed by atoms with E-state index in [0.29, 0.717) is 16.7 Å². The highest BCUT2D eigenvalue weighted by Gasteiger charge is 2.20. The van der Waals surface area contributed by atoms with Gasteiger partial charge in [0.2, 0.25) is 5.88 Å². The Hall–Kier alpha value is -2.33. The fourth-order valence-corrected chi connectivity index (χ4v) is 4.80. The number of aromatic nitrogens is 2. The van der Waals surface area contributed by atoms with Crippen LogP contribution in [0.4, 0.5) is 20.2 Å². The van der Waals surface area contributed by atoms with Crippen molar-refractivity contribution >= 4 is 41.5 Å². The summed E-state index contributed by atoms with van der Waals surface area (Å²) >= 11 is 7.93. The number of nitrogens with two attached hydrogens (primary N) is 1. The molecule has 0 bridgehead atoms. The summed E-state index contributed by atoms with van der Waals surface area (Å²) in [5, 5.41) is 0.239.